The van der Waals surface area contributed by atoms with Crippen LogP contribution in [-0.2, 0) is 9.59 Å². The van der Waals surface area contributed by atoms with Gasteiger partial charge in [0.25, 0.3) is 0 Å². The van der Waals surface area contributed by atoms with Crippen molar-refractivity contribution in [1.29, 1.82) is 0 Å². The maximum Gasteiger partial charge on any atom is 0.332 e. The topological polar surface area (TPSA) is 95.1 Å². The third-order valence-electron chi connectivity index (χ3n) is 7.63. The molecule has 4 amide bonds. The van der Waals surface area contributed by atoms with E-state index in [1.807, 2.05) is 0 Å². The zero-order valence-electron chi connectivity index (χ0n) is 19.1. The first-order valence-electron chi connectivity index (χ1n) is 10.8. The normalized spacial score (nSPS) is 23.6. The molecule has 2 aromatic carbocycles. The number of aryl methyl sites for hydroxylation is 1. The summed E-state index contributed by atoms with van der Waals surface area (Å²) in [7, 11) is 4.20. The average Bonchev–Trinajstić information content (AvgIpc) is 3.21. The van der Waals surface area contributed by atoms with E-state index in [1.54, 1.807) is 61.3 Å². The molecule has 34 heavy (non-hydrogen) atoms. The maximum absolute atomic E-state index is 13.8. The maximum atomic E-state index is 13.8. The standard InChI is InChI=1S/C25H22ClN3O5/c1-13-11-14(26)9-10-15(13)18-24(21(32)27(2)23(34)28(3)22(24)33)12-25(29(18)4)19(30)16-7-5-6-8-17(16)20(25)31/h5-11,18H,12H2,1-4H3/t18-/m0/s1. The molecule has 174 valence electrons. The van der Waals surface area contributed by atoms with E-state index < -0.39 is 46.4 Å². The molecule has 2 spiro atoms. The second-order valence-electron chi connectivity index (χ2n) is 9.24. The summed E-state index contributed by atoms with van der Waals surface area (Å²) < 4.78 is 0. The van der Waals surface area contributed by atoms with Crippen LogP contribution in [0.3, 0.4) is 0 Å². The fourth-order valence-corrected chi connectivity index (χ4v) is 6.21. The fourth-order valence-electron chi connectivity index (χ4n) is 5.98. The molecule has 1 aliphatic carbocycles. The van der Waals surface area contributed by atoms with Crippen LogP contribution in [0.4, 0.5) is 4.79 Å². The van der Waals surface area contributed by atoms with Gasteiger partial charge in [-0.3, -0.25) is 33.9 Å². The van der Waals surface area contributed by atoms with E-state index >= 15 is 0 Å². The molecule has 9 heteroatoms. The number of likely N-dealkylation sites (N-methyl/N-ethyl adjacent to an activating group) is 1. The van der Waals surface area contributed by atoms with Crippen molar-refractivity contribution >= 4 is 41.0 Å². The Kier molecular flexibility index (Phi) is 4.66. The van der Waals surface area contributed by atoms with Crippen LogP contribution >= 0.6 is 11.6 Å². The summed E-state index contributed by atoms with van der Waals surface area (Å²) in [5.74, 6) is -2.38. The van der Waals surface area contributed by atoms with E-state index in [0.29, 0.717) is 16.1 Å². The molecule has 1 atom stereocenters. The van der Waals surface area contributed by atoms with E-state index in [4.69, 9.17) is 11.6 Å². The summed E-state index contributed by atoms with van der Waals surface area (Å²) in [6.45, 7) is 1.79. The van der Waals surface area contributed by atoms with Crippen LogP contribution in [0, 0.1) is 12.3 Å². The van der Waals surface area contributed by atoms with Crippen LogP contribution in [0.25, 0.3) is 0 Å². The largest absolute Gasteiger partial charge is 0.332 e. The van der Waals surface area contributed by atoms with Crippen molar-refractivity contribution < 1.29 is 24.0 Å². The number of hydrogen-bond acceptors (Lipinski definition) is 6. The van der Waals surface area contributed by atoms with Crippen molar-refractivity contribution in [3.05, 3.63) is 69.7 Å². The highest BCUT2D eigenvalue weighted by Gasteiger charge is 2.75. The summed E-state index contributed by atoms with van der Waals surface area (Å²) in [6.07, 6.45) is -0.366. The number of rotatable bonds is 1. The van der Waals surface area contributed by atoms with Gasteiger partial charge < -0.3 is 0 Å². The number of amides is 4. The average molecular weight is 480 g/mol. The van der Waals surface area contributed by atoms with Crippen LogP contribution in [-0.4, -0.2) is 70.8 Å². The number of halogens is 1. The van der Waals surface area contributed by atoms with Crippen molar-refractivity contribution in [1.82, 2.24) is 14.7 Å². The molecule has 0 N–H and O–H groups in total. The predicted octanol–water partition coefficient (Wildman–Crippen LogP) is 2.88. The van der Waals surface area contributed by atoms with Crippen LogP contribution in [0.1, 0.15) is 44.3 Å². The molecule has 0 radical (unpaired) electrons. The Morgan fingerprint density at radius 1 is 0.853 bits per heavy atom. The Balaban J connectivity index is 1.81. The SMILES string of the molecule is Cc1cc(Cl)ccc1[C@@H]1N(C)C2(CC13C(=O)N(C)C(=O)N(C)C3=O)C(=O)c1ccccc1C2=O. The summed E-state index contributed by atoms with van der Waals surface area (Å²) in [5, 5.41) is 0.469. The minimum Gasteiger partial charge on any atom is -0.292 e. The third kappa shape index (κ3) is 2.44. The second-order valence-corrected chi connectivity index (χ2v) is 9.67. The van der Waals surface area contributed by atoms with Crippen LogP contribution in [0.15, 0.2) is 42.5 Å². The van der Waals surface area contributed by atoms with E-state index in [9.17, 15) is 24.0 Å². The van der Waals surface area contributed by atoms with Gasteiger partial charge in [-0.25, -0.2) is 4.79 Å². The summed E-state index contributed by atoms with van der Waals surface area (Å²) in [5.41, 5.74) is -1.82. The Morgan fingerprint density at radius 2 is 1.38 bits per heavy atom. The number of benzene rings is 2. The van der Waals surface area contributed by atoms with Gasteiger partial charge in [-0.05, 0) is 37.2 Å². The lowest BCUT2D eigenvalue weighted by molar-refractivity contribution is -0.159. The van der Waals surface area contributed by atoms with Crippen LogP contribution < -0.4 is 0 Å². The van der Waals surface area contributed by atoms with E-state index in [-0.39, 0.29) is 17.5 Å². The number of hydrogen-bond donors (Lipinski definition) is 0. The molecular formula is C25H22ClN3O5. The van der Waals surface area contributed by atoms with Crippen molar-refractivity contribution in [2.75, 3.05) is 21.1 Å². The smallest absolute Gasteiger partial charge is 0.292 e. The van der Waals surface area contributed by atoms with Gasteiger partial charge in [-0.2, -0.15) is 0 Å². The molecule has 8 nitrogen and oxygen atoms in total. The molecule has 0 saturated carbocycles. The number of nitrogens with zero attached hydrogens (tertiary/aromatic N) is 3. The van der Waals surface area contributed by atoms with Crippen LogP contribution in [0.5, 0.6) is 0 Å². The van der Waals surface area contributed by atoms with Gasteiger partial charge in [0.1, 0.15) is 0 Å². The quantitative estimate of drug-likeness (QED) is 0.584. The van der Waals surface area contributed by atoms with Gasteiger partial charge in [0.15, 0.2) is 22.5 Å². The summed E-state index contributed by atoms with van der Waals surface area (Å²) in [6, 6.07) is 9.81. The number of carbonyl (C=O) groups is 5. The Bertz CT molecular complexity index is 1280. The van der Waals surface area contributed by atoms with Crippen molar-refractivity contribution in [3.8, 4) is 0 Å². The highest BCUT2D eigenvalue weighted by Crippen LogP contribution is 2.60. The van der Waals surface area contributed by atoms with Gasteiger partial charge in [0.2, 0.25) is 11.8 Å². The Hall–Kier alpha value is -3.36. The fraction of sp³-hybridized carbons (Fsp3) is 0.320. The van der Waals surface area contributed by atoms with Crippen molar-refractivity contribution in [2.45, 2.75) is 24.9 Å². The number of ketones is 2. The van der Waals surface area contributed by atoms with Gasteiger partial charge in [-0.1, -0.05) is 41.9 Å². The number of imide groups is 2. The summed E-state index contributed by atoms with van der Waals surface area (Å²) in [4.78, 5) is 71.2. The number of urea groups is 1. The molecule has 2 fully saturated rings. The molecular weight excluding hydrogens is 458 g/mol. The number of carbonyl (C=O) groups excluding carboxylic acids is 5. The lowest BCUT2D eigenvalue weighted by Gasteiger charge is -2.43. The van der Waals surface area contributed by atoms with E-state index in [2.05, 4.69) is 0 Å². The minimum absolute atomic E-state index is 0.261. The van der Waals surface area contributed by atoms with E-state index in [0.717, 1.165) is 9.80 Å². The molecule has 0 bridgehead atoms. The van der Waals surface area contributed by atoms with E-state index in [1.165, 1.54) is 14.1 Å². The molecule has 5 rings (SSSR count). The zero-order chi connectivity index (χ0) is 24.7. The van der Waals surface area contributed by atoms with Gasteiger partial charge in [0, 0.05) is 36.7 Å². The number of likely N-dealkylation sites (tertiary alicyclic amines) is 1. The number of fused-ring (bicyclic) bond motifs is 1. The first kappa shape index (κ1) is 22.4. The predicted molar refractivity (Wildman–Crippen MR) is 123 cm³/mol. The first-order chi connectivity index (χ1) is 16.0. The third-order valence-corrected chi connectivity index (χ3v) is 7.87. The first-order valence-corrected chi connectivity index (χ1v) is 11.2. The zero-order valence-corrected chi connectivity index (χ0v) is 19.8. The number of barbiturate groups is 1. The molecule has 2 saturated heterocycles. The molecule has 2 heterocycles. The number of Topliss-reactive ketones (excluding diaryl/α,β-unsaturated/α-hetero) is 2. The van der Waals surface area contributed by atoms with Crippen molar-refractivity contribution in [3.63, 3.8) is 0 Å². The molecule has 0 unspecified atom stereocenters. The highest BCUT2D eigenvalue weighted by molar-refractivity contribution is 6.34. The summed E-state index contributed by atoms with van der Waals surface area (Å²) >= 11 is 6.17. The molecule has 2 aromatic rings. The van der Waals surface area contributed by atoms with Crippen molar-refractivity contribution in [2.24, 2.45) is 5.41 Å². The lowest BCUT2D eigenvalue weighted by atomic mass is 9.70. The second kappa shape index (κ2) is 7.07. The minimum atomic E-state index is -1.86. The molecule has 0 aromatic heterocycles. The van der Waals surface area contributed by atoms with Gasteiger partial charge in [0.05, 0.1) is 6.04 Å². The monoisotopic (exact) mass is 479 g/mol. The molecule has 3 aliphatic rings. The van der Waals surface area contributed by atoms with Gasteiger partial charge >= 0.3 is 6.03 Å². The molecule has 2 aliphatic heterocycles. The Labute approximate surface area is 201 Å². The van der Waals surface area contributed by atoms with Gasteiger partial charge in [-0.15, -0.1) is 0 Å². The highest BCUT2D eigenvalue weighted by atomic mass is 35.5. The lowest BCUT2D eigenvalue weighted by Crippen LogP contribution is -2.64. The Morgan fingerprint density at radius 3 is 1.88 bits per heavy atom. The van der Waals surface area contributed by atoms with Crippen LogP contribution in [0.2, 0.25) is 5.02 Å².